The molecule has 2 N–H and O–H groups in total. The lowest BCUT2D eigenvalue weighted by Gasteiger charge is -2.15. The van der Waals surface area contributed by atoms with E-state index >= 15 is 0 Å². The number of benzene rings is 3. The molecule has 32 heavy (non-hydrogen) atoms. The molecule has 160 valence electrons. The van der Waals surface area contributed by atoms with E-state index in [1.807, 2.05) is 44.2 Å². The molecule has 0 spiro atoms. The van der Waals surface area contributed by atoms with Gasteiger partial charge in [-0.05, 0) is 55.3 Å². The lowest BCUT2D eigenvalue weighted by Crippen LogP contribution is -2.26. The molecule has 6 heteroatoms. The maximum atomic E-state index is 13.4. The average Bonchev–Trinajstić information content (AvgIpc) is 2.80. The molecule has 1 atom stereocenters. The molecule has 0 aliphatic rings. The van der Waals surface area contributed by atoms with Crippen molar-refractivity contribution in [2.75, 3.05) is 5.32 Å². The Kier molecular flexibility index (Phi) is 6.22. The van der Waals surface area contributed by atoms with Crippen molar-refractivity contribution < 1.29 is 9.18 Å². The summed E-state index contributed by atoms with van der Waals surface area (Å²) in [7, 11) is 0. The minimum atomic E-state index is -0.309. The van der Waals surface area contributed by atoms with Gasteiger partial charge in [0.15, 0.2) is 0 Å². The molecule has 1 heterocycles. The first-order valence-corrected chi connectivity index (χ1v) is 10.3. The van der Waals surface area contributed by atoms with Crippen molar-refractivity contribution in [2.45, 2.75) is 19.9 Å². The van der Waals surface area contributed by atoms with Gasteiger partial charge in [-0.3, -0.25) is 4.79 Å². The number of aromatic nitrogens is 2. The van der Waals surface area contributed by atoms with E-state index in [4.69, 9.17) is 0 Å². The van der Waals surface area contributed by atoms with Crippen molar-refractivity contribution >= 4 is 17.5 Å². The molecule has 4 rings (SSSR count). The third kappa shape index (κ3) is 5.16. The second kappa shape index (κ2) is 9.39. The number of nitrogens with one attached hydrogen (secondary N) is 2. The van der Waals surface area contributed by atoms with E-state index in [9.17, 15) is 9.18 Å². The van der Waals surface area contributed by atoms with Gasteiger partial charge in [-0.2, -0.15) is 0 Å². The number of carbonyl (C=O) groups excluding carboxylic acids is 1. The average molecular weight is 426 g/mol. The number of aryl methyl sites for hydroxylation is 1. The van der Waals surface area contributed by atoms with Gasteiger partial charge in [-0.1, -0.05) is 48.0 Å². The largest absolute Gasteiger partial charge is 0.346 e. The van der Waals surface area contributed by atoms with Gasteiger partial charge in [0.2, 0.25) is 5.95 Å². The zero-order chi connectivity index (χ0) is 22.5. The number of hydrogen-bond acceptors (Lipinski definition) is 4. The smallest absolute Gasteiger partial charge is 0.251 e. The highest BCUT2D eigenvalue weighted by atomic mass is 19.1. The number of anilines is 2. The Balaban J connectivity index is 1.43. The molecular formula is C26H23FN4O. The van der Waals surface area contributed by atoms with Crippen LogP contribution in [0.4, 0.5) is 16.0 Å². The van der Waals surface area contributed by atoms with Crippen molar-refractivity contribution in [1.29, 1.82) is 0 Å². The Morgan fingerprint density at radius 3 is 2.34 bits per heavy atom. The molecule has 0 bridgehead atoms. The minimum absolute atomic E-state index is 0.113. The molecule has 0 fully saturated rings. The van der Waals surface area contributed by atoms with Crippen LogP contribution in [0.5, 0.6) is 0 Å². The third-order valence-electron chi connectivity index (χ3n) is 5.12. The molecule has 0 aliphatic carbocycles. The maximum absolute atomic E-state index is 13.4. The van der Waals surface area contributed by atoms with E-state index in [0.717, 1.165) is 5.56 Å². The van der Waals surface area contributed by atoms with Crippen LogP contribution >= 0.6 is 0 Å². The molecule has 3 aromatic carbocycles. The fourth-order valence-corrected chi connectivity index (χ4v) is 3.30. The predicted octanol–water partition coefficient (Wildman–Crippen LogP) is 5.83. The number of nitrogens with zero attached hydrogens (tertiary/aromatic N) is 2. The van der Waals surface area contributed by atoms with Crippen LogP contribution in [0.25, 0.3) is 11.1 Å². The van der Waals surface area contributed by atoms with Crippen LogP contribution in [0.2, 0.25) is 0 Å². The summed E-state index contributed by atoms with van der Waals surface area (Å²) in [5, 5.41) is 6.13. The van der Waals surface area contributed by atoms with Crippen molar-refractivity contribution in [1.82, 2.24) is 15.3 Å². The number of hydrogen-bond donors (Lipinski definition) is 2. The summed E-state index contributed by atoms with van der Waals surface area (Å²) < 4.78 is 13.4. The van der Waals surface area contributed by atoms with E-state index in [1.54, 1.807) is 42.7 Å². The summed E-state index contributed by atoms with van der Waals surface area (Å²) in [6, 6.07) is 21.4. The monoisotopic (exact) mass is 426 g/mol. The summed E-state index contributed by atoms with van der Waals surface area (Å²) in [4.78, 5) is 21.3. The molecule has 0 saturated heterocycles. The highest BCUT2D eigenvalue weighted by Crippen LogP contribution is 2.21. The second-order valence-electron chi connectivity index (χ2n) is 7.62. The van der Waals surface area contributed by atoms with E-state index in [2.05, 4.69) is 20.6 Å². The van der Waals surface area contributed by atoms with Crippen LogP contribution in [0, 0.1) is 12.7 Å². The zero-order valence-corrected chi connectivity index (χ0v) is 17.8. The fourth-order valence-electron chi connectivity index (χ4n) is 3.30. The lowest BCUT2D eigenvalue weighted by atomic mass is 10.1. The highest BCUT2D eigenvalue weighted by molar-refractivity contribution is 5.95. The summed E-state index contributed by atoms with van der Waals surface area (Å²) >= 11 is 0. The van der Waals surface area contributed by atoms with Crippen LogP contribution in [0.15, 0.2) is 85.2 Å². The van der Waals surface area contributed by atoms with E-state index in [1.165, 1.54) is 17.7 Å². The second-order valence-corrected chi connectivity index (χ2v) is 7.62. The Morgan fingerprint density at radius 2 is 1.62 bits per heavy atom. The molecule has 5 nitrogen and oxygen atoms in total. The fraction of sp³-hybridized carbons (Fsp3) is 0.115. The topological polar surface area (TPSA) is 66.9 Å². The normalized spacial score (nSPS) is 11.6. The molecule has 0 saturated carbocycles. The van der Waals surface area contributed by atoms with Gasteiger partial charge < -0.3 is 10.6 Å². The van der Waals surface area contributed by atoms with Gasteiger partial charge in [0.25, 0.3) is 5.91 Å². The number of carbonyl (C=O) groups is 1. The summed E-state index contributed by atoms with van der Waals surface area (Å²) in [6.07, 6.45) is 3.26. The Bertz CT molecular complexity index is 1220. The predicted molar refractivity (Wildman–Crippen MR) is 124 cm³/mol. The lowest BCUT2D eigenvalue weighted by molar-refractivity contribution is 0.0940. The Hall–Kier alpha value is -4.06. The standard InChI is InChI=1S/C26H23FN4O/c1-17-9-11-19(12-10-17)18(2)30-25(32)21-6-4-8-24(14-21)31-26-28-15-22(16-29-26)20-5-3-7-23(27)13-20/h3-16,18H,1-2H3,(H,30,32)(H,28,29,31). The molecular weight excluding hydrogens is 403 g/mol. The number of halogens is 1. The molecule has 1 amide bonds. The van der Waals surface area contributed by atoms with Crippen LogP contribution in [0.3, 0.4) is 0 Å². The summed E-state index contributed by atoms with van der Waals surface area (Å²) in [5.74, 6) is -0.0867. The van der Waals surface area contributed by atoms with Crippen LogP contribution in [0.1, 0.15) is 34.5 Å². The third-order valence-corrected chi connectivity index (χ3v) is 5.12. The molecule has 1 aromatic heterocycles. The Morgan fingerprint density at radius 1 is 0.906 bits per heavy atom. The van der Waals surface area contributed by atoms with Crippen molar-refractivity contribution in [3.05, 3.63) is 108 Å². The van der Waals surface area contributed by atoms with Crippen LogP contribution in [-0.2, 0) is 0 Å². The minimum Gasteiger partial charge on any atom is -0.346 e. The zero-order valence-electron chi connectivity index (χ0n) is 17.8. The molecule has 0 aliphatic heterocycles. The van der Waals surface area contributed by atoms with Crippen molar-refractivity contribution in [2.24, 2.45) is 0 Å². The molecule has 1 unspecified atom stereocenters. The Labute approximate surface area is 186 Å². The quantitative estimate of drug-likeness (QED) is 0.407. The first-order chi connectivity index (χ1) is 15.5. The highest BCUT2D eigenvalue weighted by Gasteiger charge is 2.12. The molecule has 0 radical (unpaired) electrons. The van der Waals surface area contributed by atoms with Crippen LogP contribution < -0.4 is 10.6 Å². The van der Waals surface area contributed by atoms with E-state index in [0.29, 0.717) is 28.3 Å². The summed E-state index contributed by atoms with van der Waals surface area (Å²) in [5.41, 5.74) is 4.87. The van der Waals surface area contributed by atoms with Crippen molar-refractivity contribution in [3.8, 4) is 11.1 Å². The van der Waals surface area contributed by atoms with Gasteiger partial charge in [-0.25, -0.2) is 14.4 Å². The van der Waals surface area contributed by atoms with Gasteiger partial charge in [0.1, 0.15) is 5.82 Å². The number of rotatable bonds is 6. The maximum Gasteiger partial charge on any atom is 0.251 e. The van der Waals surface area contributed by atoms with Gasteiger partial charge >= 0.3 is 0 Å². The summed E-state index contributed by atoms with van der Waals surface area (Å²) in [6.45, 7) is 3.99. The van der Waals surface area contributed by atoms with Gasteiger partial charge in [0, 0.05) is 29.2 Å². The first kappa shape index (κ1) is 21.2. The first-order valence-electron chi connectivity index (χ1n) is 10.3. The van der Waals surface area contributed by atoms with Gasteiger partial charge in [0.05, 0.1) is 6.04 Å². The van der Waals surface area contributed by atoms with Crippen LogP contribution in [-0.4, -0.2) is 15.9 Å². The number of amides is 1. The van der Waals surface area contributed by atoms with E-state index < -0.39 is 0 Å². The SMILES string of the molecule is Cc1ccc(C(C)NC(=O)c2cccc(Nc3ncc(-c4cccc(F)c4)cn3)c2)cc1. The van der Waals surface area contributed by atoms with Gasteiger partial charge in [-0.15, -0.1) is 0 Å². The van der Waals surface area contributed by atoms with Crippen molar-refractivity contribution in [3.63, 3.8) is 0 Å². The van der Waals surface area contributed by atoms with E-state index in [-0.39, 0.29) is 17.8 Å². The molecule has 4 aromatic rings.